The summed E-state index contributed by atoms with van der Waals surface area (Å²) < 4.78 is 5.20. The van der Waals surface area contributed by atoms with Gasteiger partial charge in [-0.2, -0.15) is 0 Å². The van der Waals surface area contributed by atoms with Gasteiger partial charge in [-0.05, 0) is 32.0 Å². The molecule has 0 radical (unpaired) electrons. The Labute approximate surface area is 109 Å². The van der Waals surface area contributed by atoms with E-state index in [1.54, 1.807) is 19.1 Å². The predicted octanol–water partition coefficient (Wildman–Crippen LogP) is 2.39. The molecule has 0 bridgehead atoms. The molecule has 1 aromatic heterocycles. The minimum Gasteiger partial charge on any atom is -0.422 e. The number of carbonyl (C=O) groups excluding carboxylic acids is 1. The van der Waals surface area contributed by atoms with E-state index in [1.165, 1.54) is 6.92 Å². The molecule has 2 rings (SSSR count). The van der Waals surface area contributed by atoms with Gasteiger partial charge in [-0.1, -0.05) is 16.8 Å². The minimum absolute atomic E-state index is 0.277. The summed E-state index contributed by atoms with van der Waals surface area (Å²) in [5, 5.41) is 4.39. The molecule has 2 aromatic rings. The lowest BCUT2D eigenvalue weighted by Crippen LogP contribution is -2.13. The quantitative estimate of drug-likeness (QED) is 0.359. The Kier molecular flexibility index (Phi) is 3.46. The summed E-state index contributed by atoms with van der Waals surface area (Å²) in [5.41, 5.74) is 1.64. The first-order chi connectivity index (χ1) is 8.97. The number of hydrogen-bond donors (Lipinski definition) is 0. The lowest BCUT2D eigenvalue weighted by molar-refractivity contribution is -0.140. The van der Waals surface area contributed by atoms with Crippen molar-refractivity contribution in [1.29, 1.82) is 0 Å². The zero-order valence-corrected chi connectivity index (χ0v) is 10.9. The van der Waals surface area contributed by atoms with Gasteiger partial charge >= 0.3 is 11.6 Å². The Hall–Kier alpha value is -2.43. The van der Waals surface area contributed by atoms with E-state index in [0.29, 0.717) is 11.3 Å². The topological polar surface area (TPSA) is 68.9 Å². The van der Waals surface area contributed by atoms with Crippen LogP contribution in [0.2, 0.25) is 0 Å². The average Bonchev–Trinajstić information content (AvgIpc) is 2.35. The summed E-state index contributed by atoms with van der Waals surface area (Å²) in [7, 11) is 0. The summed E-state index contributed by atoms with van der Waals surface area (Å²) in [6.45, 7) is 4.77. The first-order valence-electron chi connectivity index (χ1n) is 5.74. The number of rotatable bonds is 2. The van der Waals surface area contributed by atoms with Crippen LogP contribution in [0, 0.1) is 6.92 Å². The zero-order valence-electron chi connectivity index (χ0n) is 10.9. The smallest absolute Gasteiger partial charge is 0.345 e. The van der Waals surface area contributed by atoms with Crippen molar-refractivity contribution in [2.24, 2.45) is 5.16 Å². The Bertz CT molecular complexity index is 728. The van der Waals surface area contributed by atoms with Crippen molar-refractivity contribution >= 4 is 22.7 Å². The van der Waals surface area contributed by atoms with Crippen LogP contribution in [-0.4, -0.2) is 11.7 Å². The van der Waals surface area contributed by atoms with Crippen molar-refractivity contribution in [2.45, 2.75) is 20.8 Å². The van der Waals surface area contributed by atoms with Crippen molar-refractivity contribution in [3.63, 3.8) is 0 Å². The SMILES string of the molecule is CC(=O)ON=C(C)c1cc2cc(C)ccc2oc1=O. The second-order valence-electron chi connectivity index (χ2n) is 4.25. The Morgan fingerprint density at radius 3 is 2.68 bits per heavy atom. The predicted molar refractivity (Wildman–Crippen MR) is 71.2 cm³/mol. The number of benzene rings is 1. The third kappa shape index (κ3) is 2.88. The Morgan fingerprint density at radius 2 is 2.00 bits per heavy atom. The highest BCUT2D eigenvalue weighted by Gasteiger charge is 2.09. The van der Waals surface area contributed by atoms with E-state index in [-0.39, 0.29) is 5.56 Å². The largest absolute Gasteiger partial charge is 0.422 e. The molecule has 1 aromatic carbocycles. The lowest BCUT2D eigenvalue weighted by Gasteiger charge is -2.02. The second-order valence-corrected chi connectivity index (χ2v) is 4.25. The average molecular weight is 259 g/mol. The van der Waals surface area contributed by atoms with Crippen molar-refractivity contribution in [2.75, 3.05) is 0 Å². The maximum Gasteiger partial charge on any atom is 0.345 e. The fourth-order valence-electron chi connectivity index (χ4n) is 1.68. The molecule has 5 nitrogen and oxygen atoms in total. The van der Waals surface area contributed by atoms with Gasteiger partial charge in [-0.25, -0.2) is 9.59 Å². The standard InChI is InChI=1S/C14H13NO4/c1-8-4-5-13-11(6-8)7-12(14(17)18-13)9(2)15-19-10(3)16/h4-7H,1-3H3. The van der Waals surface area contributed by atoms with Crippen LogP contribution < -0.4 is 5.63 Å². The molecule has 1 heterocycles. The first-order valence-corrected chi connectivity index (χ1v) is 5.74. The van der Waals surface area contributed by atoms with Crippen LogP contribution in [0.25, 0.3) is 11.0 Å². The molecule has 0 saturated carbocycles. The molecule has 0 aliphatic heterocycles. The highest BCUT2D eigenvalue weighted by atomic mass is 16.7. The molecule has 0 spiro atoms. The maximum absolute atomic E-state index is 11.8. The molecule has 0 aliphatic rings. The number of fused-ring (bicyclic) bond motifs is 1. The van der Waals surface area contributed by atoms with Crippen molar-refractivity contribution in [3.05, 3.63) is 45.8 Å². The van der Waals surface area contributed by atoms with E-state index in [2.05, 4.69) is 9.99 Å². The summed E-state index contributed by atoms with van der Waals surface area (Å²) in [4.78, 5) is 27.0. The molecule has 5 heteroatoms. The van der Waals surface area contributed by atoms with E-state index in [4.69, 9.17) is 4.42 Å². The second kappa shape index (κ2) is 5.06. The van der Waals surface area contributed by atoms with Crippen LogP contribution >= 0.6 is 0 Å². The van der Waals surface area contributed by atoms with Gasteiger partial charge < -0.3 is 9.25 Å². The van der Waals surface area contributed by atoms with Crippen LogP contribution in [0.1, 0.15) is 25.0 Å². The molecule has 0 saturated heterocycles. The first kappa shape index (κ1) is 13.0. The van der Waals surface area contributed by atoms with Gasteiger partial charge in [0.05, 0.1) is 11.3 Å². The van der Waals surface area contributed by atoms with E-state index in [0.717, 1.165) is 10.9 Å². The van der Waals surface area contributed by atoms with Gasteiger partial charge in [0.2, 0.25) is 0 Å². The van der Waals surface area contributed by atoms with Gasteiger partial charge in [0.1, 0.15) is 5.58 Å². The molecule has 98 valence electrons. The van der Waals surface area contributed by atoms with Gasteiger partial charge in [0.25, 0.3) is 0 Å². The fraction of sp³-hybridized carbons (Fsp3) is 0.214. The van der Waals surface area contributed by atoms with E-state index >= 15 is 0 Å². The minimum atomic E-state index is -0.541. The van der Waals surface area contributed by atoms with Crippen molar-refractivity contribution in [1.82, 2.24) is 0 Å². The van der Waals surface area contributed by atoms with E-state index in [1.807, 2.05) is 19.1 Å². The highest BCUT2D eigenvalue weighted by Crippen LogP contribution is 2.15. The summed E-state index contributed by atoms with van der Waals surface area (Å²) in [5.74, 6) is -0.541. The normalized spacial score (nSPS) is 11.6. The molecule has 0 unspecified atom stereocenters. The van der Waals surface area contributed by atoms with Crippen molar-refractivity contribution in [3.8, 4) is 0 Å². The Balaban J connectivity index is 2.54. The number of nitrogens with zero attached hydrogens (tertiary/aromatic N) is 1. The van der Waals surface area contributed by atoms with Gasteiger partial charge in [-0.3, -0.25) is 0 Å². The molecule has 0 N–H and O–H groups in total. The van der Waals surface area contributed by atoms with Crippen LogP contribution in [-0.2, 0) is 9.63 Å². The molecule has 0 atom stereocenters. The summed E-state index contributed by atoms with van der Waals surface area (Å²) >= 11 is 0. The summed E-state index contributed by atoms with van der Waals surface area (Å²) in [6, 6.07) is 7.19. The number of hydrogen-bond acceptors (Lipinski definition) is 5. The highest BCUT2D eigenvalue weighted by molar-refractivity contribution is 6.00. The van der Waals surface area contributed by atoms with Crippen LogP contribution in [0.5, 0.6) is 0 Å². The molecule has 0 aliphatic carbocycles. The number of carbonyl (C=O) groups is 1. The molecule has 0 amide bonds. The third-order valence-electron chi connectivity index (χ3n) is 2.59. The van der Waals surface area contributed by atoms with Gasteiger partial charge in [0.15, 0.2) is 0 Å². The number of aryl methyl sites for hydroxylation is 1. The van der Waals surface area contributed by atoms with Gasteiger partial charge in [0, 0.05) is 12.3 Å². The molecular weight excluding hydrogens is 246 g/mol. The van der Waals surface area contributed by atoms with Crippen LogP contribution in [0.3, 0.4) is 0 Å². The summed E-state index contributed by atoms with van der Waals surface area (Å²) in [6.07, 6.45) is 0. The third-order valence-corrected chi connectivity index (χ3v) is 2.59. The Morgan fingerprint density at radius 1 is 1.26 bits per heavy atom. The fourth-order valence-corrected chi connectivity index (χ4v) is 1.68. The monoisotopic (exact) mass is 259 g/mol. The number of oxime groups is 1. The zero-order chi connectivity index (χ0) is 14.0. The molecule has 0 fully saturated rings. The molecule has 19 heavy (non-hydrogen) atoms. The van der Waals surface area contributed by atoms with E-state index in [9.17, 15) is 9.59 Å². The van der Waals surface area contributed by atoms with Gasteiger partial charge in [-0.15, -0.1) is 0 Å². The maximum atomic E-state index is 11.8. The van der Waals surface area contributed by atoms with Crippen LogP contribution in [0.4, 0.5) is 0 Å². The van der Waals surface area contributed by atoms with Crippen LogP contribution in [0.15, 0.2) is 38.6 Å². The lowest BCUT2D eigenvalue weighted by atomic mass is 10.1. The molecular formula is C14H13NO4. The van der Waals surface area contributed by atoms with E-state index < -0.39 is 11.6 Å². The van der Waals surface area contributed by atoms with Crippen molar-refractivity contribution < 1.29 is 14.0 Å².